The Kier molecular flexibility index (Phi) is 4.56. The molecule has 2 aromatic heterocycles. The SMILES string of the molecule is CCCC1CN(Cc2cn3ccccc3n2)C(CC)CN1. The molecule has 114 valence electrons. The van der Waals surface area contributed by atoms with Crippen molar-refractivity contribution >= 4 is 5.65 Å². The third-order valence-corrected chi connectivity index (χ3v) is 4.50. The number of fused-ring (bicyclic) bond motifs is 1. The van der Waals surface area contributed by atoms with E-state index in [4.69, 9.17) is 4.98 Å². The Bertz CT molecular complexity index is 544. The van der Waals surface area contributed by atoms with Crippen LogP contribution >= 0.6 is 0 Å². The number of pyridine rings is 1. The Balaban J connectivity index is 1.73. The first-order valence-electron chi connectivity index (χ1n) is 8.20. The molecule has 1 saturated heterocycles. The second-order valence-corrected chi connectivity index (χ2v) is 6.08. The second kappa shape index (κ2) is 6.58. The second-order valence-electron chi connectivity index (χ2n) is 6.08. The highest BCUT2D eigenvalue weighted by atomic mass is 15.2. The van der Waals surface area contributed by atoms with E-state index in [1.165, 1.54) is 25.0 Å². The van der Waals surface area contributed by atoms with Gasteiger partial charge in [0.25, 0.3) is 0 Å². The molecule has 1 N–H and O–H groups in total. The molecule has 0 aliphatic carbocycles. The number of piperazine rings is 1. The monoisotopic (exact) mass is 286 g/mol. The van der Waals surface area contributed by atoms with E-state index in [0.717, 1.165) is 25.3 Å². The molecule has 21 heavy (non-hydrogen) atoms. The first-order valence-corrected chi connectivity index (χ1v) is 8.20. The summed E-state index contributed by atoms with van der Waals surface area (Å²) in [6, 6.07) is 7.43. The highest BCUT2D eigenvalue weighted by Crippen LogP contribution is 2.17. The summed E-state index contributed by atoms with van der Waals surface area (Å²) in [4.78, 5) is 7.36. The standard InChI is InChI=1S/C17H26N4/c1-3-7-14-11-21(16(4-2)10-18-14)13-15-12-20-9-6-5-8-17(20)19-15/h5-6,8-9,12,14,16,18H,3-4,7,10-11,13H2,1-2H3. The summed E-state index contributed by atoms with van der Waals surface area (Å²) in [5, 5.41) is 3.70. The zero-order valence-electron chi connectivity index (χ0n) is 13.1. The van der Waals surface area contributed by atoms with Gasteiger partial charge in [-0.2, -0.15) is 0 Å². The number of nitrogens with zero attached hydrogens (tertiary/aromatic N) is 3. The Labute approximate surface area is 127 Å². The van der Waals surface area contributed by atoms with Gasteiger partial charge < -0.3 is 9.72 Å². The van der Waals surface area contributed by atoms with Crippen LogP contribution in [0.3, 0.4) is 0 Å². The highest BCUT2D eigenvalue weighted by molar-refractivity contribution is 5.39. The van der Waals surface area contributed by atoms with Gasteiger partial charge in [0.1, 0.15) is 5.65 Å². The molecule has 1 aliphatic rings. The Hall–Kier alpha value is -1.39. The van der Waals surface area contributed by atoms with Crippen molar-refractivity contribution in [1.82, 2.24) is 19.6 Å². The summed E-state index contributed by atoms with van der Waals surface area (Å²) in [5.41, 5.74) is 2.22. The summed E-state index contributed by atoms with van der Waals surface area (Å²) in [7, 11) is 0. The van der Waals surface area contributed by atoms with E-state index in [1.54, 1.807) is 0 Å². The fraction of sp³-hybridized carbons (Fsp3) is 0.588. The third-order valence-electron chi connectivity index (χ3n) is 4.50. The molecule has 0 amide bonds. The Morgan fingerprint density at radius 3 is 3.00 bits per heavy atom. The van der Waals surface area contributed by atoms with Gasteiger partial charge in [-0.15, -0.1) is 0 Å². The quantitative estimate of drug-likeness (QED) is 0.917. The van der Waals surface area contributed by atoms with Crippen LogP contribution in [0.1, 0.15) is 38.8 Å². The van der Waals surface area contributed by atoms with Gasteiger partial charge in [-0.3, -0.25) is 4.90 Å². The van der Waals surface area contributed by atoms with Crippen LogP contribution in [-0.4, -0.2) is 39.5 Å². The van der Waals surface area contributed by atoms with Gasteiger partial charge in [-0.1, -0.05) is 26.3 Å². The zero-order valence-corrected chi connectivity index (χ0v) is 13.1. The molecule has 2 atom stereocenters. The Morgan fingerprint density at radius 1 is 1.33 bits per heavy atom. The van der Waals surface area contributed by atoms with Crippen LogP contribution in [0.5, 0.6) is 0 Å². The van der Waals surface area contributed by atoms with Crippen molar-refractivity contribution in [3.05, 3.63) is 36.3 Å². The van der Waals surface area contributed by atoms with Gasteiger partial charge >= 0.3 is 0 Å². The van der Waals surface area contributed by atoms with E-state index in [0.29, 0.717) is 12.1 Å². The predicted octanol–water partition coefficient (Wildman–Crippen LogP) is 2.69. The molecule has 4 nitrogen and oxygen atoms in total. The number of aromatic nitrogens is 2. The van der Waals surface area contributed by atoms with Gasteiger partial charge in [-0.05, 0) is 25.0 Å². The van der Waals surface area contributed by atoms with Crippen LogP contribution in [0.15, 0.2) is 30.6 Å². The smallest absolute Gasteiger partial charge is 0.137 e. The number of nitrogens with one attached hydrogen (secondary N) is 1. The first kappa shape index (κ1) is 14.5. The minimum Gasteiger partial charge on any atom is -0.311 e. The van der Waals surface area contributed by atoms with Gasteiger partial charge in [0.2, 0.25) is 0 Å². The van der Waals surface area contributed by atoms with Crippen LogP contribution in [-0.2, 0) is 6.54 Å². The van der Waals surface area contributed by atoms with E-state index >= 15 is 0 Å². The predicted molar refractivity (Wildman–Crippen MR) is 86.4 cm³/mol. The van der Waals surface area contributed by atoms with Crippen molar-refractivity contribution < 1.29 is 0 Å². The van der Waals surface area contributed by atoms with Gasteiger partial charge in [0.05, 0.1) is 5.69 Å². The molecule has 0 aromatic carbocycles. The maximum Gasteiger partial charge on any atom is 0.137 e. The topological polar surface area (TPSA) is 32.6 Å². The van der Waals surface area contributed by atoms with Gasteiger partial charge in [0.15, 0.2) is 0 Å². The molecular weight excluding hydrogens is 260 g/mol. The lowest BCUT2D eigenvalue weighted by molar-refractivity contribution is 0.114. The van der Waals surface area contributed by atoms with E-state index in [-0.39, 0.29) is 0 Å². The van der Waals surface area contributed by atoms with Crippen LogP contribution in [0, 0.1) is 0 Å². The van der Waals surface area contributed by atoms with Crippen molar-refractivity contribution in [3.63, 3.8) is 0 Å². The molecule has 4 heteroatoms. The lowest BCUT2D eigenvalue weighted by Crippen LogP contribution is -2.55. The summed E-state index contributed by atoms with van der Waals surface area (Å²) < 4.78 is 2.11. The van der Waals surface area contributed by atoms with Crippen LogP contribution in [0.2, 0.25) is 0 Å². The molecule has 0 radical (unpaired) electrons. The van der Waals surface area contributed by atoms with Crippen molar-refractivity contribution in [3.8, 4) is 0 Å². The fourth-order valence-corrected chi connectivity index (χ4v) is 3.34. The van der Waals surface area contributed by atoms with Crippen LogP contribution < -0.4 is 5.32 Å². The molecule has 3 heterocycles. The maximum absolute atomic E-state index is 4.75. The van der Waals surface area contributed by atoms with Crippen molar-refractivity contribution in [2.75, 3.05) is 13.1 Å². The van der Waals surface area contributed by atoms with Crippen molar-refractivity contribution in [1.29, 1.82) is 0 Å². The van der Waals surface area contributed by atoms with Gasteiger partial charge in [0, 0.05) is 44.1 Å². The zero-order chi connectivity index (χ0) is 14.7. The summed E-state index contributed by atoms with van der Waals surface area (Å²) in [6.07, 6.45) is 7.94. The average Bonchev–Trinajstić information content (AvgIpc) is 2.90. The van der Waals surface area contributed by atoms with Crippen molar-refractivity contribution in [2.45, 2.75) is 51.7 Å². The molecular formula is C17H26N4. The summed E-state index contributed by atoms with van der Waals surface area (Å²) in [5.74, 6) is 0. The molecule has 3 rings (SSSR count). The third kappa shape index (κ3) is 3.27. The molecule has 0 spiro atoms. The number of rotatable bonds is 5. The van der Waals surface area contributed by atoms with Crippen LogP contribution in [0.4, 0.5) is 0 Å². The van der Waals surface area contributed by atoms with Gasteiger partial charge in [-0.25, -0.2) is 4.98 Å². The van der Waals surface area contributed by atoms with E-state index in [9.17, 15) is 0 Å². The number of hydrogen-bond acceptors (Lipinski definition) is 3. The number of hydrogen-bond donors (Lipinski definition) is 1. The lowest BCUT2D eigenvalue weighted by Gasteiger charge is -2.39. The molecule has 2 aromatic rings. The van der Waals surface area contributed by atoms with E-state index in [2.05, 4.69) is 53.0 Å². The summed E-state index contributed by atoms with van der Waals surface area (Å²) >= 11 is 0. The first-order chi connectivity index (χ1) is 10.3. The molecule has 2 unspecified atom stereocenters. The largest absolute Gasteiger partial charge is 0.311 e. The molecule has 0 saturated carbocycles. The molecule has 1 aliphatic heterocycles. The minimum absolute atomic E-state index is 0.628. The molecule has 1 fully saturated rings. The van der Waals surface area contributed by atoms with E-state index < -0.39 is 0 Å². The average molecular weight is 286 g/mol. The van der Waals surface area contributed by atoms with Crippen LogP contribution in [0.25, 0.3) is 5.65 Å². The summed E-state index contributed by atoms with van der Waals surface area (Å²) in [6.45, 7) is 7.75. The highest BCUT2D eigenvalue weighted by Gasteiger charge is 2.26. The number of imidazole rings is 1. The fourth-order valence-electron chi connectivity index (χ4n) is 3.34. The van der Waals surface area contributed by atoms with Crippen molar-refractivity contribution in [2.24, 2.45) is 0 Å². The lowest BCUT2D eigenvalue weighted by atomic mass is 10.0. The van der Waals surface area contributed by atoms with E-state index in [1.807, 2.05) is 6.07 Å². The Morgan fingerprint density at radius 2 is 2.24 bits per heavy atom. The molecule has 0 bridgehead atoms. The normalized spacial score (nSPS) is 23.7. The maximum atomic E-state index is 4.75. The minimum atomic E-state index is 0.628.